The highest BCUT2D eigenvalue weighted by Crippen LogP contribution is 2.35. The smallest absolute Gasteiger partial charge is 0.244 e. The van der Waals surface area contributed by atoms with E-state index in [0.717, 1.165) is 29.3 Å². The van der Waals surface area contributed by atoms with Crippen LogP contribution in [0.3, 0.4) is 0 Å². The molecule has 6 nitrogen and oxygen atoms in total. The van der Waals surface area contributed by atoms with Crippen molar-refractivity contribution in [3.05, 3.63) is 48.8 Å². The SMILES string of the molecule is O=C(C1CCN(S(=O)(=O)c2cccnc2)CC1)N1CCCSc2ccccc21. The molecule has 2 aromatic rings. The fraction of sp³-hybridized carbons (Fsp3) is 0.400. The number of fused-ring (bicyclic) bond motifs is 1. The van der Waals surface area contributed by atoms with E-state index in [1.54, 1.807) is 30.1 Å². The van der Waals surface area contributed by atoms with Crippen molar-refractivity contribution < 1.29 is 13.2 Å². The van der Waals surface area contributed by atoms with Gasteiger partial charge in [0.15, 0.2) is 0 Å². The number of rotatable bonds is 3. The summed E-state index contributed by atoms with van der Waals surface area (Å²) in [7, 11) is -3.55. The zero-order chi connectivity index (χ0) is 19.6. The summed E-state index contributed by atoms with van der Waals surface area (Å²) >= 11 is 1.79. The summed E-state index contributed by atoms with van der Waals surface area (Å²) in [6.45, 7) is 1.44. The second-order valence-corrected chi connectivity index (χ2v) is 10.1. The van der Waals surface area contributed by atoms with Crippen LogP contribution in [0.25, 0.3) is 0 Å². The molecule has 0 bridgehead atoms. The van der Waals surface area contributed by atoms with Crippen molar-refractivity contribution in [2.45, 2.75) is 29.1 Å². The van der Waals surface area contributed by atoms with Gasteiger partial charge < -0.3 is 4.90 Å². The molecule has 1 aromatic carbocycles. The minimum absolute atomic E-state index is 0.119. The number of para-hydroxylation sites is 1. The number of anilines is 1. The van der Waals surface area contributed by atoms with Crippen molar-refractivity contribution in [3.63, 3.8) is 0 Å². The molecule has 2 aliphatic heterocycles. The van der Waals surface area contributed by atoms with E-state index >= 15 is 0 Å². The zero-order valence-corrected chi connectivity index (χ0v) is 17.2. The van der Waals surface area contributed by atoms with Gasteiger partial charge in [0.1, 0.15) is 4.90 Å². The van der Waals surface area contributed by atoms with Crippen molar-refractivity contribution in [1.29, 1.82) is 0 Å². The second kappa shape index (κ2) is 8.23. The molecule has 0 unspecified atom stereocenters. The lowest BCUT2D eigenvalue weighted by atomic mass is 9.96. The molecular formula is C20H23N3O3S2. The lowest BCUT2D eigenvalue weighted by Gasteiger charge is -2.33. The molecular weight excluding hydrogens is 394 g/mol. The first-order chi connectivity index (χ1) is 13.6. The molecule has 1 amide bonds. The van der Waals surface area contributed by atoms with E-state index in [9.17, 15) is 13.2 Å². The van der Waals surface area contributed by atoms with Crippen LogP contribution >= 0.6 is 11.8 Å². The summed E-state index contributed by atoms with van der Waals surface area (Å²) in [5, 5.41) is 0. The highest BCUT2D eigenvalue weighted by Gasteiger charge is 2.35. The molecule has 1 fully saturated rings. The van der Waals surface area contributed by atoms with Crippen LogP contribution in [0.1, 0.15) is 19.3 Å². The van der Waals surface area contributed by atoms with E-state index < -0.39 is 10.0 Å². The molecule has 4 rings (SSSR count). The van der Waals surface area contributed by atoms with E-state index in [1.165, 1.54) is 10.5 Å². The maximum atomic E-state index is 13.2. The zero-order valence-electron chi connectivity index (χ0n) is 15.5. The number of piperidine rings is 1. The Kier molecular flexibility index (Phi) is 5.70. The van der Waals surface area contributed by atoms with Crippen LogP contribution in [0.2, 0.25) is 0 Å². The Balaban J connectivity index is 1.46. The fourth-order valence-electron chi connectivity index (χ4n) is 3.77. The predicted molar refractivity (Wildman–Crippen MR) is 110 cm³/mol. The minimum atomic E-state index is -3.55. The Morgan fingerprint density at radius 2 is 1.86 bits per heavy atom. The number of thioether (sulfide) groups is 1. The van der Waals surface area contributed by atoms with Gasteiger partial charge in [-0.15, -0.1) is 11.8 Å². The first-order valence-electron chi connectivity index (χ1n) is 9.51. The van der Waals surface area contributed by atoms with E-state index in [4.69, 9.17) is 0 Å². The number of carbonyl (C=O) groups excluding carboxylic acids is 1. The Hall–Kier alpha value is -1.90. The Morgan fingerprint density at radius 3 is 2.61 bits per heavy atom. The molecule has 28 heavy (non-hydrogen) atoms. The van der Waals surface area contributed by atoms with Gasteiger partial charge in [-0.3, -0.25) is 9.78 Å². The first-order valence-corrected chi connectivity index (χ1v) is 11.9. The summed E-state index contributed by atoms with van der Waals surface area (Å²) in [5.74, 6) is 0.979. The van der Waals surface area contributed by atoms with Gasteiger partial charge in [-0.1, -0.05) is 12.1 Å². The molecule has 0 atom stereocenters. The third kappa shape index (κ3) is 3.81. The topological polar surface area (TPSA) is 70.6 Å². The van der Waals surface area contributed by atoms with Gasteiger partial charge in [-0.05, 0) is 49.3 Å². The molecule has 1 saturated heterocycles. The normalized spacial score (nSPS) is 19.1. The van der Waals surface area contributed by atoms with Crippen LogP contribution in [0.5, 0.6) is 0 Å². The maximum absolute atomic E-state index is 13.2. The number of nitrogens with zero attached hydrogens (tertiary/aromatic N) is 3. The highest BCUT2D eigenvalue weighted by atomic mass is 32.2. The summed E-state index contributed by atoms with van der Waals surface area (Å²) in [4.78, 5) is 20.4. The molecule has 1 aromatic heterocycles. The van der Waals surface area contributed by atoms with Gasteiger partial charge in [0.05, 0.1) is 5.69 Å². The molecule has 0 saturated carbocycles. The number of carbonyl (C=O) groups is 1. The molecule has 0 aliphatic carbocycles. The monoisotopic (exact) mass is 417 g/mol. The molecule has 2 aliphatic rings. The molecule has 0 radical (unpaired) electrons. The number of hydrogen-bond donors (Lipinski definition) is 0. The van der Waals surface area contributed by atoms with Gasteiger partial charge in [0.2, 0.25) is 15.9 Å². The molecule has 3 heterocycles. The summed E-state index contributed by atoms with van der Waals surface area (Å²) < 4.78 is 27.0. The predicted octanol–water partition coefficient (Wildman–Crippen LogP) is 3.01. The van der Waals surface area contributed by atoms with E-state index in [1.807, 2.05) is 23.1 Å². The molecule has 148 valence electrons. The van der Waals surface area contributed by atoms with Gasteiger partial charge in [-0.2, -0.15) is 4.31 Å². The van der Waals surface area contributed by atoms with Gasteiger partial charge in [0, 0.05) is 42.8 Å². The highest BCUT2D eigenvalue weighted by molar-refractivity contribution is 7.99. The van der Waals surface area contributed by atoms with Crippen molar-refractivity contribution in [1.82, 2.24) is 9.29 Å². The molecule has 8 heteroatoms. The average molecular weight is 418 g/mol. The van der Waals surface area contributed by atoms with Gasteiger partial charge >= 0.3 is 0 Å². The summed E-state index contributed by atoms with van der Waals surface area (Å²) in [6, 6.07) is 11.2. The number of pyridine rings is 1. The van der Waals surface area contributed by atoms with Crippen molar-refractivity contribution >= 4 is 33.4 Å². The first kappa shape index (κ1) is 19.4. The number of aromatic nitrogens is 1. The maximum Gasteiger partial charge on any atom is 0.244 e. The van der Waals surface area contributed by atoms with Crippen molar-refractivity contribution in [3.8, 4) is 0 Å². The quantitative estimate of drug-likeness (QED) is 0.768. The number of hydrogen-bond acceptors (Lipinski definition) is 5. The third-order valence-electron chi connectivity index (χ3n) is 5.28. The van der Waals surface area contributed by atoms with Crippen LogP contribution in [0.15, 0.2) is 58.6 Å². The third-order valence-corrected chi connectivity index (χ3v) is 8.31. The fourth-order valence-corrected chi connectivity index (χ4v) is 6.20. The molecule has 0 spiro atoms. The number of benzene rings is 1. The van der Waals surface area contributed by atoms with Crippen LogP contribution in [-0.2, 0) is 14.8 Å². The van der Waals surface area contributed by atoms with Crippen molar-refractivity contribution in [2.75, 3.05) is 30.3 Å². The lowest BCUT2D eigenvalue weighted by Crippen LogP contribution is -2.44. The average Bonchev–Trinajstić information content (AvgIpc) is 2.96. The summed E-state index contributed by atoms with van der Waals surface area (Å²) in [5.41, 5.74) is 0.986. The van der Waals surface area contributed by atoms with Gasteiger partial charge in [-0.25, -0.2) is 8.42 Å². The van der Waals surface area contributed by atoms with Gasteiger partial charge in [0.25, 0.3) is 0 Å². The lowest BCUT2D eigenvalue weighted by molar-refractivity contribution is -0.123. The largest absolute Gasteiger partial charge is 0.311 e. The standard InChI is InChI=1S/C20H23N3O3S2/c24-20(23-11-4-14-27-19-7-2-1-6-18(19)23)16-8-12-22(13-9-16)28(25,26)17-5-3-10-21-15-17/h1-3,5-7,10,15-16H,4,8-9,11-14H2. The Morgan fingerprint density at radius 1 is 1.07 bits per heavy atom. The van der Waals surface area contributed by atoms with E-state index in [2.05, 4.69) is 11.1 Å². The van der Waals surface area contributed by atoms with Crippen LogP contribution in [-0.4, -0.2) is 49.0 Å². The van der Waals surface area contributed by atoms with Crippen molar-refractivity contribution in [2.24, 2.45) is 5.92 Å². The van der Waals surface area contributed by atoms with Crippen LogP contribution in [0, 0.1) is 5.92 Å². The summed E-state index contributed by atoms with van der Waals surface area (Å²) in [6.07, 6.45) is 4.98. The number of amides is 1. The minimum Gasteiger partial charge on any atom is -0.311 e. The van der Waals surface area contributed by atoms with E-state index in [-0.39, 0.29) is 16.7 Å². The second-order valence-electron chi connectivity index (χ2n) is 7.03. The Labute approximate surface area is 170 Å². The van der Waals surface area contributed by atoms with Crippen LogP contribution in [0.4, 0.5) is 5.69 Å². The Bertz CT molecular complexity index is 942. The van der Waals surface area contributed by atoms with Crippen LogP contribution < -0.4 is 4.90 Å². The van der Waals surface area contributed by atoms with E-state index in [0.29, 0.717) is 25.9 Å². The number of sulfonamides is 1. The molecule has 0 N–H and O–H groups in total.